The largest absolute Gasteiger partial charge is 0.497 e. The smallest absolute Gasteiger partial charge is 0.126 e. The van der Waals surface area contributed by atoms with Gasteiger partial charge in [-0.2, -0.15) is 0 Å². The predicted octanol–water partition coefficient (Wildman–Crippen LogP) is 2.30. The van der Waals surface area contributed by atoms with Crippen LogP contribution in [0.2, 0.25) is 0 Å². The van der Waals surface area contributed by atoms with Crippen LogP contribution in [0.1, 0.15) is 30.0 Å². The average molecular weight is 233 g/mol. The highest BCUT2D eigenvalue weighted by atomic mass is 16.5. The van der Waals surface area contributed by atoms with E-state index in [9.17, 15) is 0 Å². The Bertz CT molecular complexity index is 426. The number of hydrogen-bond acceptors (Lipinski definition) is 3. The average Bonchev–Trinajstić information content (AvgIpc) is 3.20. The second kappa shape index (κ2) is 4.22. The molecule has 1 aliphatic heterocycles. The number of nitrogens with one attached hydrogen (secondary N) is 1. The van der Waals surface area contributed by atoms with Crippen molar-refractivity contribution in [1.29, 1.82) is 0 Å². The highest BCUT2D eigenvalue weighted by Crippen LogP contribution is 2.46. The van der Waals surface area contributed by atoms with E-state index in [0.29, 0.717) is 6.04 Å². The van der Waals surface area contributed by atoms with E-state index in [-0.39, 0.29) is 0 Å². The summed E-state index contributed by atoms with van der Waals surface area (Å²) >= 11 is 0. The number of hydrogen-bond donors (Lipinski definition) is 1. The van der Waals surface area contributed by atoms with E-state index in [1.807, 2.05) is 6.07 Å². The Labute approximate surface area is 102 Å². The van der Waals surface area contributed by atoms with E-state index in [1.54, 1.807) is 14.2 Å². The third kappa shape index (κ3) is 1.89. The van der Waals surface area contributed by atoms with E-state index >= 15 is 0 Å². The molecule has 1 saturated carbocycles. The highest BCUT2D eigenvalue weighted by Gasteiger charge is 2.36. The van der Waals surface area contributed by atoms with Gasteiger partial charge >= 0.3 is 0 Å². The maximum absolute atomic E-state index is 5.50. The fourth-order valence-corrected chi connectivity index (χ4v) is 2.80. The molecule has 1 atom stereocenters. The summed E-state index contributed by atoms with van der Waals surface area (Å²) in [6.07, 6.45) is 3.74. The predicted molar refractivity (Wildman–Crippen MR) is 66.7 cm³/mol. The van der Waals surface area contributed by atoms with Gasteiger partial charge in [0.05, 0.1) is 14.2 Å². The molecule has 17 heavy (non-hydrogen) atoms. The van der Waals surface area contributed by atoms with Crippen molar-refractivity contribution >= 4 is 0 Å². The summed E-state index contributed by atoms with van der Waals surface area (Å²) in [7, 11) is 3.45. The molecular formula is C14H19NO2. The summed E-state index contributed by atoms with van der Waals surface area (Å²) in [6, 6.07) is 4.67. The van der Waals surface area contributed by atoms with Gasteiger partial charge in [0.2, 0.25) is 0 Å². The molecule has 1 aliphatic carbocycles. The molecule has 3 rings (SSSR count). The fraction of sp³-hybridized carbons (Fsp3) is 0.571. The van der Waals surface area contributed by atoms with Crippen molar-refractivity contribution in [2.45, 2.75) is 25.3 Å². The van der Waals surface area contributed by atoms with Crippen LogP contribution in [0.4, 0.5) is 0 Å². The summed E-state index contributed by atoms with van der Waals surface area (Å²) in [5.41, 5.74) is 2.75. The van der Waals surface area contributed by atoms with Crippen LogP contribution in [0.25, 0.3) is 0 Å². The minimum absolute atomic E-state index is 0.503. The van der Waals surface area contributed by atoms with Crippen LogP contribution in [0.5, 0.6) is 11.5 Å². The molecule has 0 saturated heterocycles. The second-order valence-corrected chi connectivity index (χ2v) is 4.92. The second-order valence-electron chi connectivity index (χ2n) is 4.92. The van der Waals surface area contributed by atoms with Crippen molar-refractivity contribution in [3.63, 3.8) is 0 Å². The lowest BCUT2D eigenvalue weighted by Gasteiger charge is -2.28. The van der Waals surface area contributed by atoms with Crippen LogP contribution < -0.4 is 14.8 Å². The standard InChI is InChI=1S/C14H19NO2/c1-16-10-7-12-11(13(8-10)17-2)5-6-15-14(12)9-3-4-9/h7-9,14-15H,3-6H2,1-2H3. The van der Waals surface area contributed by atoms with Crippen LogP contribution in [0, 0.1) is 5.92 Å². The van der Waals surface area contributed by atoms with Crippen LogP contribution in [-0.2, 0) is 6.42 Å². The zero-order chi connectivity index (χ0) is 11.8. The van der Waals surface area contributed by atoms with Gasteiger partial charge in [-0.15, -0.1) is 0 Å². The molecule has 2 aliphatic rings. The zero-order valence-electron chi connectivity index (χ0n) is 10.5. The molecular weight excluding hydrogens is 214 g/mol. The normalized spacial score (nSPS) is 23.1. The van der Waals surface area contributed by atoms with Gasteiger partial charge in [-0.1, -0.05) is 0 Å². The first-order valence-corrected chi connectivity index (χ1v) is 6.31. The summed E-state index contributed by atoms with van der Waals surface area (Å²) in [4.78, 5) is 0. The summed E-state index contributed by atoms with van der Waals surface area (Å²) in [6.45, 7) is 1.05. The Morgan fingerprint density at radius 1 is 1.18 bits per heavy atom. The Morgan fingerprint density at radius 2 is 2.00 bits per heavy atom. The van der Waals surface area contributed by atoms with Gasteiger partial charge in [0, 0.05) is 17.7 Å². The summed E-state index contributed by atoms with van der Waals surface area (Å²) in [5.74, 6) is 2.69. The van der Waals surface area contributed by atoms with Gasteiger partial charge < -0.3 is 14.8 Å². The van der Waals surface area contributed by atoms with E-state index in [1.165, 1.54) is 24.0 Å². The van der Waals surface area contributed by atoms with Gasteiger partial charge in [0.15, 0.2) is 0 Å². The molecule has 1 heterocycles. The third-order valence-corrected chi connectivity index (χ3v) is 3.84. The van der Waals surface area contributed by atoms with Gasteiger partial charge in [-0.05, 0) is 43.4 Å². The highest BCUT2D eigenvalue weighted by molar-refractivity contribution is 5.49. The van der Waals surface area contributed by atoms with Crippen molar-refractivity contribution < 1.29 is 9.47 Å². The van der Waals surface area contributed by atoms with E-state index < -0.39 is 0 Å². The first-order valence-electron chi connectivity index (χ1n) is 6.31. The first-order chi connectivity index (χ1) is 8.33. The van der Waals surface area contributed by atoms with E-state index in [0.717, 1.165) is 30.4 Å². The minimum Gasteiger partial charge on any atom is -0.497 e. The molecule has 0 amide bonds. The van der Waals surface area contributed by atoms with E-state index in [4.69, 9.17) is 9.47 Å². The molecule has 1 aromatic rings. The molecule has 1 N–H and O–H groups in total. The summed E-state index contributed by atoms with van der Waals surface area (Å²) < 4.78 is 10.9. The lowest BCUT2D eigenvalue weighted by molar-refractivity contribution is 0.377. The lowest BCUT2D eigenvalue weighted by atomic mass is 9.90. The van der Waals surface area contributed by atoms with Crippen molar-refractivity contribution in [2.24, 2.45) is 5.92 Å². The van der Waals surface area contributed by atoms with Crippen LogP contribution >= 0.6 is 0 Å². The maximum Gasteiger partial charge on any atom is 0.126 e. The Morgan fingerprint density at radius 3 is 2.65 bits per heavy atom. The molecule has 92 valence electrons. The van der Waals surface area contributed by atoms with Crippen LogP contribution in [0.15, 0.2) is 12.1 Å². The van der Waals surface area contributed by atoms with Crippen LogP contribution in [0.3, 0.4) is 0 Å². The summed E-state index contributed by atoms with van der Waals surface area (Å²) in [5, 5.41) is 3.63. The molecule has 0 aromatic heterocycles. The van der Waals surface area contributed by atoms with Crippen molar-refractivity contribution in [3.05, 3.63) is 23.3 Å². The van der Waals surface area contributed by atoms with Crippen molar-refractivity contribution in [3.8, 4) is 11.5 Å². The minimum atomic E-state index is 0.503. The first kappa shape index (κ1) is 10.9. The van der Waals surface area contributed by atoms with Gasteiger partial charge in [-0.3, -0.25) is 0 Å². The monoisotopic (exact) mass is 233 g/mol. The molecule has 1 fully saturated rings. The van der Waals surface area contributed by atoms with Crippen LogP contribution in [-0.4, -0.2) is 20.8 Å². The topological polar surface area (TPSA) is 30.5 Å². The number of benzene rings is 1. The number of fused-ring (bicyclic) bond motifs is 1. The van der Waals surface area contributed by atoms with Crippen molar-refractivity contribution in [1.82, 2.24) is 5.32 Å². The Kier molecular flexibility index (Phi) is 2.71. The Hall–Kier alpha value is -1.22. The molecule has 1 aromatic carbocycles. The van der Waals surface area contributed by atoms with Gasteiger partial charge in [0.25, 0.3) is 0 Å². The quantitative estimate of drug-likeness (QED) is 0.869. The molecule has 3 nitrogen and oxygen atoms in total. The van der Waals surface area contributed by atoms with E-state index in [2.05, 4.69) is 11.4 Å². The van der Waals surface area contributed by atoms with Gasteiger partial charge in [0.1, 0.15) is 11.5 Å². The third-order valence-electron chi connectivity index (χ3n) is 3.84. The van der Waals surface area contributed by atoms with Crippen molar-refractivity contribution in [2.75, 3.05) is 20.8 Å². The zero-order valence-corrected chi connectivity index (χ0v) is 10.5. The molecule has 0 spiro atoms. The molecule has 1 unspecified atom stereocenters. The number of ether oxygens (including phenoxy) is 2. The number of rotatable bonds is 3. The number of methoxy groups -OCH3 is 2. The molecule has 3 heteroatoms. The van der Waals surface area contributed by atoms with Gasteiger partial charge in [-0.25, -0.2) is 0 Å². The lowest BCUT2D eigenvalue weighted by Crippen LogP contribution is -2.31. The molecule has 0 bridgehead atoms. The Balaban J connectivity index is 2.06. The SMILES string of the molecule is COc1cc(OC)c2c(c1)C(C1CC1)NCC2. The maximum atomic E-state index is 5.50. The fourth-order valence-electron chi connectivity index (χ4n) is 2.80. The molecule has 0 radical (unpaired) electrons.